The number of ether oxygens (including phenoxy) is 1. The summed E-state index contributed by atoms with van der Waals surface area (Å²) in [5.41, 5.74) is 4.43. The Morgan fingerprint density at radius 3 is 2.59 bits per heavy atom. The van der Waals surface area contributed by atoms with Crippen molar-refractivity contribution in [3.63, 3.8) is 0 Å². The molecule has 1 heterocycles. The Hall–Kier alpha value is -2.96. The Morgan fingerprint density at radius 1 is 1.10 bits per heavy atom. The zero-order chi connectivity index (χ0) is 20.2. The van der Waals surface area contributed by atoms with Crippen molar-refractivity contribution in [1.82, 2.24) is 9.97 Å². The Bertz CT molecular complexity index is 1140. The number of thioether (sulfide) groups is 1. The number of carboxylic acid groups (broad SMARTS) is 1. The van der Waals surface area contributed by atoms with E-state index in [-0.39, 0.29) is 5.75 Å². The maximum Gasteiger partial charge on any atom is 0.313 e. The van der Waals surface area contributed by atoms with E-state index in [1.54, 1.807) is 0 Å². The van der Waals surface area contributed by atoms with Crippen molar-refractivity contribution in [3.05, 3.63) is 77.3 Å². The van der Waals surface area contributed by atoms with Crippen LogP contribution < -0.4 is 4.74 Å². The van der Waals surface area contributed by atoms with Gasteiger partial charge in [-0.05, 0) is 35.4 Å². The lowest BCUT2D eigenvalue weighted by Gasteiger charge is -2.09. The molecule has 3 aromatic carbocycles. The number of carbonyl (C=O) groups is 1. The van der Waals surface area contributed by atoms with Crippen molar-refractivity contribution < 1.29 is 14.6 Å². The van der Waals surface area contributed by atoms with Crippen LogP contribution in [-0.4, -0.2) is 26.8 Å². The standard InChI is InChI=1S/C22H17ClN2O3S/c23-18-11-20-19(24-22(25-20)29-13-21(26)27)10-17(18)15-6-8-16(9-7-15)28-12-14-4-2-1-3-5-14/h1-11H,12-13H2,(H,24,25)(H,26,27). The van der Waals surface area contributed by atoms with Gasteiger partial charge in [-0.25, -0.2) is 4.98 Å². The minimum absolute atomic E-state index is 0.0507. The quantitative estimate of drug-likeness (QED) is 0.375. The highest BCUT2D eigenvalue weighted by molar-refractivity contribution is 7.99. The molecular weight excluding hydrogens is 408 g/mol. The summed E-state index contributed by atoms with van der Waals surface area (Å²) >= 11 is 7.62. The van der Waals surface area contributed by atoms with Crippen LogP contribution in [0.4, 0.5) is 0 Å². The SMILES string of the molecule is O=C(O)CSc1nc2cc(-c3ccc(OCc4ccccc4)cc3)c(Cl)cc2[nH]1. The van der Waals surface area contributed by atoms with Crippen LogP contribution in [0.3, 0.4) is 0 Å². The summed E-state index contributed by atoms with van der Waals surface area (Å²) in [5.74, 6) is -0.157. The van der Waals surface area contributed by atoms with Gasteiger partial charge in [0.15, 0.2) is 5.16 Å². The van der Waals surface area contributed by atoms with Gasteiger partial charge in [0, 0.05) is 5.56 Å². The number of aliphatic carboxylic acids is 1. The number of halogens is 1. The van der Waals surface area contributed by atoms with Gasteiger partial charge in [-0.2, -0.15) is 0 Å². The summed E-state index contributed by atoms with van der Waals surface area (Å²) in [6, 6.07) is 21.5. The maximum atomic E-state index is 10.7. The molecule has 0 aliphatic carbocycles. The molecule has 0 saturated heterocycles. The summed E-state index contributed by atoms with van der Waals surface area (Å²) in [6.45, 7) is 0.511. The van der Waals surface area contributed by atoms with Gasteiger partial charge in [0.25, 0.3) is 0 Å². The lowest BCUT2D eigenvalue weighted by Crippen LogP contribution is -1.97. The third kappa shape index (κ3) is 4.72. The zero-order valence-electron chi connectivity index (χ0n) is 15.3. The zero-order valence-corrected chi connectivity index (χ0v) is 16.8. The van der Waals surface area contributed by atoms with Crippen LogP contribution in [0, 0.1) is 0 Å². The van der Waals surface area contributed by atoms with Crippen LogP contribution in [0.25, 0.3) is 22.2 Å². The third-order valence-electron chi connectivity index (χ3n) is 4.29. The van der Waals surface area contributed by atoms with E-state index in [0.717, 1.165) is 45.2 Å². The second kappa shape index (κ2) is 8.59. The average Bonchev–Trinajstić information content (AvgIpc) is 3.13. The van der Waals surface area contributed by atoms with Crippen molar-refractivity contribution in [2.75, 3.05) is 5.75 Å². The molecule has 0 atom stereocenters. The average molecular weight is 425 g/mol. The number of nitrogens with zero attached hydrogens (tertiary/aromatic N) is 1. The molecule has 1 aromatic heterocycles. The molecule has 0 aliphatic rings. The molecule has 4 rings (SSSR count). The van der Waals surface area contributed by atoms with Crippen LogP contribution in [0.1, 0.15) is 5.56 Å². The largest absolute Gasteiger partial charge is 0.489 e. The van der Waals surface area contributed by atoms with E-state index < -0.39 is 5.97 Å². The maximum absolute atomic E-state index is 10.7. The molecule has 2 N–H and O–H groups in total. The summed E-state index contributed by atoms with van der Waals surface area (Å²) in [6.07, 6.45) is 0. The summed E-state index contributed by atoms with van der Waals surface area (Å²) in [5, 5.41) is 9.97. The number of hydrogen-bond donors (Lipinski definition) is 2. The lowest BCUT2D eigenvalue weighted by atomic mass is 10.0. The van der Waals surface area contributed by atoms with E-state index in [1.807, 2.05) is 66.7 Å². The Kier molecular flexibility index (Phi) is 5.74. The van der Waals surface area contributed by atoms with Gasteiger partial charge < -0.3 is 14.8 Å². The van der Waals surface area contributed by atoms with Gasteiger partial charge in [-0.1, -0.05) is 65.8 Å². The van der Waals surface area contributed by atoms with Gasteiger partial charge in [-0.3, -0.25) is 4.79 Å². The number of carboxylic acids is 1. The van der Waals surface area contributed by atoms with Crippen molar-refractivity contribution in [1.29, 1.82) is 0 Å². The monoisotopic (exact) mass is 424 g/mol. The molecule has 146 valence electrons. The number of imidazole rings is 1. The predicted octanol–water partition coefficient (Wildman–Crippen LogP) is 5.64. The first-order valence-electron chi connectivity index (χ1n) is 8.89. The van der Waals surface area contributed by atoms with Gasteiger partial charge in [-0.15, -0.1) is 0 Å². The first kappa shape index (κ1) is 19.4. The Balaban J connectivity index is 1.52. The molecule has 4 aromatic rings. The van der Waals surface area contributed by atoms with E-state index in [2.05, 4.69) is 9.97 Å². The molecule has 7 heteroatoms. The van der Waals surface area contributed by atoms with E-state index in [0.29, 0.717) is 16.8 Å². The van der Waals surface area contributed by atoms with Crippen molar-refractivity contribution in [3.8, 4) is 16.9 Å². The fourth-order valence-corrected chi connectivity index (χ4v) is 3.78. The first-order valence-corrected chi connectivity index (χ1v) is 10.3. The number of fused-ring (bicyclic) bond motifs is 1. The van der Waals surface area contributed by atoms with E-state index >= 15 is 0 Å². The molecule has 5 nitrogen and oxygen atoms in total. The van der Waals surface area contributed by atoms with Gasteiger partial charge >= 0.3 is 5.97 Å². The number of aromatic nitrogens is 2. The number of benzene rings is 3. The van der Waals surface area contributed by atoms with Crippen molar-refractivity contribution in [2.45, 2.75) is 11.8 Å². The molecule has 0 aliphatic heterocycles. The van der Waals surface area contributed by atoms with E-state index in [9.17, 15) is 4.79 Å². The highest BCUT2D eigenvalue weighted by Gasteiger charge is 2.11. The topological polar surface area (TPSA) is 75.2 Å². The Morgan fingerprint density at radius 2 is 1.86 bits per heavy atom. The highest BCUT2D eigenvalue weighted by Crippen LogP contribution is 2.33. The van der Waals surface area contributed by atoms with Crippen LogP contribution in [-0.2, 0) is 11.4 Å². The summed E-state index contributed by atoms with van der Waals surface area (Å²) < 4.78 is 5.83. The second-order valence-electron chi connectivity index (χ2n) is 6.37. The van der Waals surface area contributed by atoms with E-state index in [1.165, 1.54) is 0 Å². The van der Waals surface area contributed by atoms with Crippen molar-refractivity contribution >= 4 is 40.4 Å². The fraction of sp³-hybridized carbons (Fsp3) is 0.0909. The Labute approximate surface area is 176 Å². The summed E-state index contributed by atoms with van der Waals surface area (Å²) in [4.78, 5) is 18.3. The summed E-state index contributed by atoms with van der Waals surface area (Å²) in [7, 11) is 0. The van der Waals surface area contributed by atoms with Crippen LogP contribution in [0.15, 0.2) is 71.9 Å². The number of rotatable bonds is 7. The fourth-order valence-electron chi connectivity index (χ4n) is 2.90. The van der Waals surface area contributed by atoms with Gasteiger partial charge in [0.05, 0.1) is 21.8 Å². The molecule has 0 bridgehead atoms. The van der Waals surface area contributed by atoms with Gasteiger partial charge in [0.2, 0.25) is 0 Å². The first-order chi connectivity index (χ1) is 14.1. The molecule has 0 amide bonds. The highest BCUT2D eigenvalue weighted by atomic mass is 35.5. The van der Waals surface area contributed by atoms with Crippen LogP contribution in [0.5, 0.6) is 5.75 Å². The van der Waals surface area contributed by atoms with Crippen LogP contribution >= 0.6 is 23.4 Å². The van der Waals surface area contributed by atoms with E-state index in [4.69, 9.17) is 21.4 Å². The third-order valence-corrected chi connectivity index (χ3v) is 5.47. The number of nitrogens with one attached hydrogen (secondary N) is 1. The van der Waals surface area contributed by atoms with Crippen molar-refractivity contribution in [2.24, 2.45) is 0 Å². The lowest BCUT2D eigenvalue weighted by molar-refractivity contribution is -0.133. The molecular formula is C22H17ClN2O3S. The molecule has 0 radical (unpaired) electrons. The number of aromatic amines is 1. The number of hydrogen-bond acceptors (Lipinski definition) is 4. The molecule has 0 unspecified atom stereocenters. The second-order valence-corrected chi connectivity index (χ2v) is 7.74. The van der Waals surface area contributed by atoms with Gasteiger partial charge in [0.1, 0.15) is 12.4 Å². The van der Waals surface area contributed by atoms with Crippen LogP contribution in [0.2, 0.25) is 5.02 Å². The smallest absolute Gasteiger partial charge is 0.313 e. The molecule has 0 saturated carbocycles. The molecule has 29 heavy (non-hydrogen) atoms. The minimum atomic E-state index is -0.885. The molecule has 0 spiro atoms. The normalized spacial score (nSPS) is 10.9. The minimum Gasteiger partial charge on any atom is -0.489 e. The molecule has 0 fully saturated rings. The number of H-pyrrole nitrogens is 1. The predicted molar refractivity (Wildman–Crippen MR) is 116 cm³/mol.